The summed E-state index contributed by atoms with van der Waals surface area (Å²) in [5.41, 5.74) is 1.41. The number of methoxy groups -OCH3 is 1. The average molecular weight is 485 g/mol. The molecule has 0 radical (unpaired) electrons. The number of amides is 1. The van der Waals surface area contributed by atoms with Gasteiger partial charge in [-0.2, -0.15) is 0 Å². The van der Waals surface area contributed by atoms with Crippen LogP contribution in [0.15, 0.2) is 71.8 Å². The van der Waals surface area contributed by atoms with Crippen molar-refractivity contribution in [2.75, 3.05) is 49.5 Å². The first-order valence-corrected chi connectivity index (χ1v) is 12.1. The van der Waals surface area contributed by atoms with E-state index in [-0.39, 0.29) is 22.3 Å². The van der Waals surface area contributed by atoms with Gasteiger partial charge in [0.2, 0.25) is 0 Å². The Morgan fingerprint density at radius 2 is 1.65 bits per heavy atom. The highest BCUT2D eigenvalue weighted by atomic mass is 32.2. The minimum atomic E-state index is -3.83. The Morgan fingerprint density at radius 3 is 2.26 bits per heavy atom. The quantitative estimate of drug-likeness (QED) is 0.535. The van der Waals surface area contributed by atoms with Crippen LogP contribution in [0.5, 0.6) is 5.75 Å². The highest BCUT2D eigenvalue weighted by Crippen LogP contribution is 2.25. The Bertz CT molecular complexity index is 1260. The number of anilines is 2. The fourth-order valence-electron chi connectivity index (χ4n) is 3.76. The molecule has 0 unspecified atom stereocenters. The van der Waals surface area contributed by atoms with Crippen molar-refractivity contribution < 1.29 is 22.3 Å². The number of hydrogen-bond acceptors (Lipinski definition) is 6. The summed E-state index contributed by atoms with van der Waals surface area (Å²) in [5.74, 6) is -0.00346. The number of benzene rings is 2. The van der Waals surface area contributed by atoms with Gasteiger partial charge in [-0.15, -0.1) is 0 Å². The summed E-state index contributed by atoms with van der Waals surface area (Å²) in [5, 5.41) is 0. The largest absolute Gasteiger partial charge is 0.497 e. The van der Waals surface area contributed by atoms with Gasteiger partial charge in [-0.05, 0) is 60.7 Å². The van der Waals surface area contributed by atoms with Gasteiger partial charge < -0.3 is 14.5 Å². The van der Waals surface area contributed by atoms with Gasteiger partial charge in [0.05, 0.1) is 17.7 Å². The Hall–Kier alpha value is -3.66. The fourth-order valence-corrected chi connectivity index (χ4v) is 4.95. The number of pyridine rings is 1. The highest BCUT2D eigenvalue weighted by molar-refractivity contribution is 7.92. The van der Waals surface area contributed by atoms with Crippen molar-refractivity contribution in [3.63, 3.8) is 0 Å². The van der Waals surface area contributed by atoms with Crippen LogP contribution in [0.1, 0.15) is 10.5 Å². The average Bonchev–Trinajstić information content (AvgIpc) is 2.88. The Labute approximate surface area is 198 Å². The number of ether oxygens (including phenoxy) is 1. The number of piperazine rings is 1. The summed E-state index contributed by atoms with van der Waals surface area (Å²) in [6.07, 6.45) is 1.43. The molecule has 2 aromatic carbocycles. The minimum absolute atomic E-state index is 0.109. The van der Waals surface area contributed by atoms with Gasteiger partial charge in [0.15, 0.2) is 0 Å². The minimum Gasteiger partial charge on any atom is -0.497 e. The monoisotopic (exact) mass is 484 g/mol. The summed E-state index contributed by atoms with van der Waals surface area (Å²) in [6.45, 7) is 2.15. The zero-order valence-corrected chi connectivity index (χ0v) is 19.7. The maximum absolute atomic E-state index is 13.2. The number of carbonyl (C=O) groups excluding carboxylic acids is 1. The smallest absolute Gasteiger partial charge is 0.272 e. The van der Waals surface area contributed by atoms with E-state index in [0.717, 1.165) is 9.99 Å². The van der Waals surface area contributed by atoms with E-state index in [1.807, 2.05) is 0 Å². The summed E-state index contributed by atoms with van der Waals surface area (Å²) < 4.78 is 45.5. The number of hydrogen-bond donors (Lipinski definition) is 0. The van der Waals surface area contributed by atoms with Crippen molar-refractivity contribution >= 4 is 27.3 Å². The summed E-state index contributed by atoms with van der Waals surface area (Å²) in [7, 11) is -0.891. The molecule has 0 saturated carbocycles. The molecule has 4 rings (SSSR count). The zero-order chi connectivity index (χ0) is 24.3. The lowest BCUT2D eigenvalue weighted by Gasteiger charge is -2.36. The van der Waals surface area contributed by atoms with Crippen LogP contribution in [0.3, 0.4) is 0 Å². The van der Waals surface area contributed by atoms with Crippen LogP contribution < -0.4 is 13.9 Å². The van der Waals surface area contributed by atoms with E-state index in [4.69, 9.17) is 4.74 Å². The standard InChI is InChI=1S/C24H25FN4O4S/c1-27(34(31,32)22-9-7-21(33-2)8-10-22)20-11-12-26-23(17-20)24(30)29-15-13-28(14-16-29)19-5-3-18(25)4-6-19/h3-12,17H,13-16H2,1-2H3. The molecule has 1 amide bonds. The molecule has 2 heterocycles. The van der Waals surface area contributed by atoms with Crippen molar-refractivity contribution in [2.24, 2.45) is 0 Å². The van der Waals surface area contributed by atoms with E-state index in [1.165, 1.54) is 50.7 Å². The zero-order valence-electron chi connectivity index (χ0n) is 18.9. The van der Waals surface area contributed by atoms with Gasteiger partial charge in [0.25, 0.3) is 15.9 Å². The van der Waals surface area contributed by atoms with Gasteiger partial charge in [-0.1, -0.05) is 0 Å². The van der Waals surface area contributed by atoms with Crippen LogP contribution in [0.4, 0.5) is 15.8 Å². The van der Waals surface area contributed by atoms with Gasteiger partial charge in [0.1, 0.15) is 17.3 Å². The third kappa shape index (κ3) is 4.81. The molecule has 3 aromatic rings. The second-order valence-corrected chi connectivity index (χ2v) is 9.77. The number of halogens is 1. The fraction of sp³-hybridized carbons (Fsp3) is 0.250. The van der Waals surface area contributed by atoms with Crippen LogP contribution >= 0.6 is 0 Å². The molecule has 1 aromatic heterocycles. The Balaban J connectivity index is 1.46. The summed E-state index contributed by atoms with van der Waals surface area (Å²) >= 11 is 0. The first-order chi connectivity index (χ1) is 16.3. The lowest BCUT2D eigenvalue weighted by Crippen LogP contribution is -2.49. The molecule has 1 aliphatic heterocycles. The second kappa shape index (κ2) is 9.68. The molecule has 1 fully saturated rings. The maximum atomic E-state index is 13.2. The van der Waals surface area contributed by atoms with Crippen molar-refractivity contribution in [1.29, 1.82) is 0 Å². The van der Waals surface area contributed by atoms with Crippen LogP contribution in [0, 0.1) is 5.82 Å². The molecule has 0 spiro atoms. The van der Waals surface area contributed by atoms with E-state index in [9.17, 15) is 17.6 Å². The van der Waals surface area contributed by atoms with E-state index in [1.54, 1.807) is 35.2 Å². The molecule has 1 saturated heterocycles. The van der Waals surface area contributed by atoms with Crippen molar-refractivity contribution in [3.05, 3.63) is 78.4 Å². The molecule has 34 heavy (non-hydrogen) atoms. The molecular weight excluding hydrogens is 459 g/mol. The van der Waals surface area contributed by atoms with Crippen molar-refractivity contribution in [2.45, 2.75) is 4.90 Å². The number of aromatic nitrogens is 1. The number of carbonyl (C=O) groups is 1. The van der Waals surface area contributed by atoms with Gasteiger partial charge in [0, 0.05) is 45.1 Å². The third-order valence-corrected chi connectivity index (χ3v) is 7.60. The molecule has 10 heteroatoms. The van der Waals surface area contributed by atoms with Crippen LogP contribution in [0.2, 0.25) is 0 Å². The molecule has 0 atom stereocenters. The van der Waals surface area contributed by atoms with E-state index in [2.05, 4.69) is 9.88 Å². The summed E-state index contributed by atoms with van der Waals surface area (Å²) in [4.78, 5) is 21.1. The second-order valence-electron chi connectivity index (χ2n) is 7.80. The van der Waals surface area contributed by atoms with Crippen LogP contribution in [-0.2, 0) is 10.0 Å². The SMILES string of the molecule is COc1ccc(S(=O)(=O)N(C)c2ccnc(C(=O)N3CCN(c4ccc(F)cc4)CC3)c2)cc1. The molecule has 0 N–H and O–H groups in total. The van der Waals surface area contributed by atoms with E-state index >= 15 is 0 Å². The summed E-state index contributed by atoms with van der Waals surface area (Å²) in [6, 6.07) is 15.4. The highest BCUT2D eigenvalue weighted by Gasteiger charge is 2.26. The van der Waals surface area contributed by atoms with Crippen LogP contribution in [-0.4, -0.2) is 64.5 Å². The molecule has 0 aliphatic carbocycles. The number of sulfonamides is 1. The lowest BCUT2D eigenvalue weighted by molar-refractivity contribution is 0.0741. The van der Waals surface area contributed by atoms with E-state index in [0.29, 0.717) is 37.6 Å². The Morgan fingerprint density at radius 1 is 1.00 bits per heavy atom. The van der Waals surface area contributed by atoms with Crippen LogP contribution in [0.25, 0.3) is 0 Å². The maximum Gasteiger partial charge on any atom is 0.272 e. The first-order valence-electron chi connectivity index (χ1n) is 10.7. The van der Waals surface area contributed by atoms with Gasteiger partial charge in [-0.3, -0.25) is 14.1 Å². The normalized spacial score (nSPS) is 14.1. The van der Waals surface area contributed by atoms with Crippen molar-refractivity contribution in [1.82, 2.24) is 9.88 Å². The predicted molar refractivity (Wildman–Crippen MR) is 127 cm³/mol. The van der Waals surface area contributed by atoms with Crippen molar-refractivity contribution in [3.8, 4) is 5.75 Å². The number of nitrogens with zero attached hydrogens (tertiary/aromatic N) is 4. The predicted octanol–water partition coefficient (Wildman–Crippen LogP) is 3.02. The topological polar surface area (TPSA) is 83.0 Å². The van der Waals surface area contributed by atoms with Gasteiger partial charge in [-0.25, -0.2) is 12.8 Å². The van der Waals surface area contributed by atoms with Gasteiger partial charge >= 0.3 is 0 Å². The lowest BCUT2D eigenvalue weighted by atomic mass is 10.2. The molecule has 0 bridgehead atoms. The molecule has 1 aliphatic rings. The molecular formula is C24H25FN4O4S. The third-order valence-electron chi connectivity index (χ3n) is 5.80. The Kier molecular flexibility index (Phi) is 6.69. The van der Waals surface area contributed by atoms with E-state index < -0.39 is 10.0 Å². The first kappa shape index (κ1) is 23.5. The molecule has 178 valence electrons. The molecule has 8 nitrogen and oxygen atoms in total. The number of rotatable bonds is 6.